The van der Waals surface area contributed by atoms with E-state index in [9.17, 15) is 0 Å². The molecule has 0 unspecified atom stereocenters. The average molecular weight is 687 g/mol. The zero-order valence-electron chi connectivity index (χ0n) is 32.8. The lowest BCUT2D eigenvalue weighted by molar-refractivity contribution is 0.869. The summed E-state index contributed by atoms with van der Waals surface area (Å²) in [7, 11) is 0. The van der Waals surface area contributed by atoms with E-state index >= 15 is 0 Å². The predicted molar refractivity (Wildman–Crippen MR) is 233 cm³/mol. The van der Waals surface area contributed by atoms with Gasteiger partial charge in [0.1, 0.15) is 0 Å². The molecule has 0 saturated carbocycles. The van der Waals surface area contributed by atoms with Gasteiger partial charge >= 0.3 is 0 Å². The quantitative estimate of drug-likeness (QED) is 0.153. The van der Waals surface area contributed by atoms with Crippen LogP contribution in [-0.4, -0.2) is 0 Å². The molecule has 0 amide bonds. The SMILES string of the molecule is Cc1ccc(-c2c3cc(C(C)C)ccc3c(-c3ccccc3)c3c(-c4c(C)cc(C)cc4C)c4cc(C(C)C)ccc4c(-c4ccccc4)c23)c(C)c1. The van der Waals surface area contributed by atoms with Crippen molar-refractivity contribution in [2.45, 2.75) is 74.1 Å². The van der Waals surface area contributed by atoms with E-state index in [4.69, 9.17) is 0 Å². The number of hydrogen-bond acceptors (Lipinski definition) is 0. The summed E-state index contributed by atoms with van der Waals surface area (Å²) in [5, 5.41) is 7.89. The van der Waals surface area contributed by atoms with Crippen molar-refractivity contribution >= 4 is 32.3 Å². The van der Waals surface area contributed by atoms with Gasteiger partial charge in [0.15, 0.2) is 0 Å². The second kappa shape index (κ2) is 13.5. The Morgan fingerprint density at radius 3 is 1.26 bits per heavy atom. The summed E-state index contributed by atoms with van der Waals surface area (Å²) in [6, 6.07) is 48.7. The van der Waals surface area contributed by atoms with E-state index in [1.807, 2.05) is 0 Å². The van der Waals surface area contributed by atoms with Crippen molar-refractivity contribution < 1.29 is 0 Å². The van der Waals surface area contributed by atoms with Crippen LogP contribution >= 0.6 is 0 Å². The van der Waals surface area contributed by atoms with Crippen molar-refractivity contribution in [1.29, 1.82) is 0 Å². The van der Waals surface area contributed by atoms with Crippen molar-refractivity contribution in [3.8, 4) is 44.5 Å². The predicted octanol–water partition coefficient (Wildman–Crippen LogP) is 15.6. The molecule has 0 aliphatic carbocycles. The fourth-order valence-corrected chi connectivity index (χ4v) is 9.00. The van der Waals surface area contributed by atoms with Crippen molar-refractivity contribution in [3.63, 3.8) is 0 Å². The van der Waals surface area contributed by atoms with Crippen molar-refractivity contribution in [2.75, 3.05) is 0 Å². The van der Waals surface area contributed by atoms with Gasteiger partial charge in [0, 0.05) is 0 Å². The zero-order valence-corrected chi connectivity index (χ0v) is 32.8. The smallest absolute Gasteiger partial charge is 0.000118 e. The van der Waals surface area contributed by atoms with E-state index in [0.717, 1.165) is 0 Å². The largest absolute Gasteiger partial charge is 0.0622 e. The first-order chi connectivity index (χ1) is 25.5. The van der Waals surface area contributed by atoms with Gasteiger partial charge in [-0.2, -0.15) is 0 Å². The molecule has 0 atom stereocenters. The second-order valence-corrected chi connectivity index (χ2v) is 16.0. The topological polar surface area (TPSA) is 0 Å². The maximum Gasteiger partial charge on any atom is -0.000118 e. The number of hydrogen-bond donors (Lipinski definition) is 0. The Bertz CT molecular complexity index is 2660. The van der Waals surface area contributed by atoms with Gasteiger partial charge in [0.2, 0.25) is 0 Å². The van der Waals surface area contributed by atoms with Crippen molar-refractivity contribution in [2.24, 2.45) is 0 Å². The highest BCUT2D eigenvalue weighted by molar-refractivity contribution is 6.34. The molecule has 0 heteroatoms. The van der Waals surface area contributed by atoms with Gasteiger partial charge in [-0.1, -0.05) is 166 Å². The lowest BCUT2D eigenvalue weighted by Gasteiger charge is -2.28. The molecule has 0 N–H and O–H groups in total. The number of fused-ring (bicyclic) bond motifs is 3. The van der Waals surface area contributed by atoms with E-state index in [2.05, 4.69) is 190 Å². The molecular formula is C53H50. The van der Waals surface area contributed by atoms with Crippen LogP contribution in [0.3, 0.4) is 0 Å². The standard InChI is InChI=1S/C53H50/c1-31(2)40-21-24-43-45(29-40)50(42-23-20-33(5)26-35(42)7)52-48(38-16-12-10-13-17-38)44-25-22-41(32(3)4)30-46(44)51(47-36(8)27-34(6)28-37(47)9)53(52)49(43)39-18-14-11-15-19-39/h10-32H,1-9H3. The van der Waals surface area contributed by atoms with Crippen LogP contribution in [0, 0.1) is 34.6 Å². The van der Waals surface area contributed by atoms with E-state index in [0.29, 0.717) is 11.8 Å². The van der Waals surface area contributed by atoms with Gasteiger partial charge in [-0.3, -0.25) is 0 Å². The average Bonchev–Trinajstić information content (AvgIpc) is 3.14. The van der Waals surface area contributed by atoms with Gasteiger partial charge in [0.05, 0.1) is 0 Å². The third-order valence-corrected chi connectivity index (χ3v) is 11.5. The van der Waals surface area contributed by atoms with Gasteiger partial charge in [0.25, 0.3) is 0 Å². The van der Waals surface area contributed by atoms with Gasteiger partial charge in [-0.15, -0.1) is 0 Å². The van der Waals surface area contributed by atoms with E-state index in [-0.39, 0.29) is 0 Å². The van der Waals surface area contributed by atoms with Crippen LogP contribution in [0.1, 0.15) is 78.5 Å². The van der Waals surface area contributed by atoms with Crippen LogP contribution in [-0.2, 0) is 0 Å². The molecule has 0 nitrogen and oxygen atoms in total. The lowest BCUT2D eigenvalue weighted by Crippen LogP contribution is -2.01. The second-order valence-electron chi connectivity index (χ2n) is 16.0. The lowest BCUT2D eigenvalue weighted by atomic mass is 9.75. The molecular weight excluding hydrogens is 637 g/mol. The van der Waals surface area contributed by atoms with Gasteiger partial charge in [-0.05, 0) is 151 Å². The minimum absolute atomic E-state index is 0.397. The number of rotatable bonds is 6. The molecule has 0 aliphatic rings. The summed E-state index contributed by atoms with van der Waals surface area (Å²) in [6.07, 6.45) is 0. The van der Waals surface area contributed by atoms with Crippen molar-refractivity contribution in [3.05, 3.63) is 166 Å². The highest BCUT2D eigenvalue weighted by Crippen LogP contribution is 2.55. The minimum Gasteiger partial charge on any atom is -0.0622 e. The normalized spacial score (nSPS) is 11.8. The number of aryl methyl sites for hydroxylation is 5. The molecule has 53 heavy (non-hydrogen) atoms. The zero-order chi connectivity index (χ0) is 37.1. The summed E-state index contributed by atoms with van der Waals surface area (Å²) in [5.74, 6) is 0.795. The molecule has 0 spiro atoms. The van der Waals surface area contributed by atoms with E-state index in [1.54, 1.807) is 0 Å². The highest BCUT2D eigenvalue weighted by Gasteiger charge is 2.28. The Morgan fingerprint density at radius 1 is 0.340 bits per heavy atom. The van der Waals surface area contributed by atoms with E-state index < -0.39 is 0 Å². The molecule has 0 heterocycles. The molecule has 0 fully saturated rings. The van der Waals surface area contributed by atoms with E-state index in [1.165, 1.54) is 116 Å². The first kappa shape index (κ1) is 34.6. The molecule has 0 aliphatic heterocycles. The fourth-order valence-electron chi connectivity index (χ4n) is 9.00. The third kappa shape index (κ3) is 5.86. The molecule has 8 rings (SSSR count). The molecule has 0 radical (unpaired) electrons. The summed E-state index contributed by atoms with van der Waals surface area (Å²) < 4.78 is 0. The Labute approximate surface area is 316 Å². The molecule has 8 aromatic carbocycles. The highest BCUT2D eigenvalue weighted by atomic mass is 14.3. The maximum atomic E-state index is 2.51. The first-order valence-corrected chi connectivity index (χ1v) is 19.3. The summed E-state index contributed by atoms with van der Waals surface area (Å²) in [4.78, 5) is 0. The molecule has 0 bridgehead atoms. The Hall–Kier alpha value is -5.46. The van der Waals surface area contributed by atoms with Crippen LogP contribution in [0.5, 0.6) is 0 Å². The molecule has 8 aromatic rings. The number of benzene rings is 8. The van der Waals surface area contributed by atoms with Crippen molar-refractivity contribution in [1.82, 2.24) is 0 Å². The Morgan fingerprint density at radius 2 is 0.792 bits per heavy atom. The van der Waals surface area contributed by atoms with Gasteiger partial charge < -0.3 is 0 Å². The van der Waals surface area contributed by atoms with Crippen LogP contribution in [0.4, 0.5) is 0 Å². The summed E-state index contributed by atoms with van der Waals surface area (Å²) >= 11 is 0. The Kier molecular flexibility index (Phi) is 8.82. The fraction of sp³-hybridized carbons (Fsp3) is 0.208. The molecule has 262 valence electrons. The van der Waals surface area contributed by atoms with Crippen LogP contribution < -0.4 is 0 Å². The summed E-state index contributed by atoms with van der Waals surface area (Å²) in [6.45, 7) is 20.6. The monoisotopic (exact) mass is 686 g/mol. The Balaban J connectivity index is 1.81. The van der Waals surface area contributed by atoms with Gasteiger partial charge in [-0.25, -0.2) is 0 Å². The third-order valence-electron chi connectivity index (χ3n) is 11.5. The van der Waals surface area contributed by atoms with Crippen LogP contribution in [0.25, 0.3) is 76.8 Å². The molecule has 0 saturated heterocycles. The van der Waals surface area contributed by atoms with Crippen LogP contribution in [0.2, 0.25) is 0 Å². The first-order valence-electron chi connectivity index (χ1n) is 19.3. The molecule has 0 aromatic heterocycles. The minimum atomic E-state index is 0.397. The maximum absolute atomic E-state index is 2.51. The van der Waals surface area contributed by atoms with Crippen LogP contribution in [0.15, 0.2) is 127 Å². The summed E-state index contributed by atoms with van der Waals surface area (Å²) in [5.41, 5.74) is 19.6.